The quantitative estimate of drug-likeness (QED) is 0.0582. The Morgan fingerprint density at radius 2 is 1.45 bits per heavy atom. The van der Waals surface area contributed by atoms with Crippen LogP contribution in [0.5, 0.6) is 0 Å². The Bertz CT molecular complexity index is 1940. The van der Waals surface area contributed by atoms with Crippen molar-refractivity contribution in [1.29, 1.82) is 0 Å². The number of rotatable bonds is 10. The van der Waals surface area contributed by atoms with Crippen LogP contribution < -0.4 is 16.0 Å². The van der Waals surface area contributed by atoms with E-state index in [1.54, 1.807) is 54.6 Å². The number of thioether (sulfide) groups is 1. The third-order valence-electron chi connectivity index (χ3n) is 6.43. The van der Waals surface area contributed by atoms with Gasteiger partial charge in [0.1, 0.15) is 22.9 Å². The lowest BCUT2D eigenvalue weighted by Crippen LogP contribution is -2.30. The third kappa shape index (κ3) is 8.57. The number of carbonyl (C=O) groups excluding carboxylic acids is 3. The minimum absolute atomic E-state index is 0.0451. The van der Waals surface area contributed by atoms with Crippen molar-refractivity contribution < 1.29 is 36.4 Å². The fourth-order valence-corrected chi connectivity index (χ4v) is 5.09. The van der Waals surface area contributed by atoms with Crippen molar-refractivity contribution >= 4 is 62.9 Å². The molecule has 0 aliphatic carbocycles. The van der Waals surface area contributed by atoms with E-state index in [1.807, 2.05) is 29.6 Å². The number of anilines is 2. The maximum Gasteiger partial charge on any atom is 0.272 e. The van der Waals surface area contributed by atoms with Crippen LogP contribution in [0, 0.1) is 23.3 Å². The second-order valence-electron chi connectivity index (χ2n) is 9.75. The Hall–Kier alpha value is -5.14. The fraction of sp³-hybridized carbons (Fsp3) is 0.0294. The van der Waals surface area contributed by atoms with Crippen molar-refractivity contribution in [2.75, 3.05) is 16.4 Å². The van der Waals surface area contributed by atoms with E-state index >= 15 is 0 Å². The van der Waals surface area contributed by atoms with Gasteiger partial charge in [-0.2, -0.15) is 0 Å². The lowest BCUT2D eigenvalue weighted by atomic mass is 10.2. The van der Waals surface area contributed by atoms with Crippen molar-refractivity contribution in [1.82, 2.24) is 5.32 Å². The molecule has 1 aromatic heterocycles. The van der Waals surface area contributed by atoms with E-state index in [0.717, 1.165) is 21.8 Å². The molecule has 0 saturated carbocycles. The first kappa shape index (κ1) is 33.2. The number of halogens is 5. The SMILES string of the molecule is O=C(CSc1ccc(NC(=O)/C(=C/c2ccc(-c3ccc(Br)cc3)o2)NC(=O)c2ccccc2)cc1)Nc1c(F)c(F)cc(F)c1F. The minimum atomic E-state index is -1.71. The first-order valence-corrected chi connectivity index (χ1v) is 15.5. The molecule has 3 N–H and O–H groups in total. The Labute approximate surface area is 278 Å². The van der Waals surface area contributed by atoms with Gasteiger partial charge in [-0.15, -0.1) is 11.8 Å². The van der Waals surface area contributed by atoms with Crippen molar-refractivity contribution in [2.45, 2.75) is 4.90 Å². The molecule has 5 aromatic rings. The maximum atomic E-state index is 13.9. The highest BCUT2D eigenvalue weighted by molar-refractivity contribution is 9.10. The van der Waals surface area contributed by atoms with Gasteiger partial charge >= 0.3 is 0 Å². The average molecular weight is 725 g/mol. The van der Waals surface area contributed by atoms with Gasteiger partial charge in [-0.25, -0.2) is 17.6 Å². The predicted molar refractivity (Wildman–Crippen MR) is 174 cm³/mol. The second-order valence-corrected chi connectivity index (χ2v) is 11.7. The molecule has 0 atom stereocenters. The van der Waals surface area contributed by atoms with Gasteiger partial charge in [0.25, 0.3) is 11.8 Å². The fourth-order valence-electron chi connectivity index (χ4n) is 4.12. The first-order valence-electron chi connectivity index (χ1n) is 13.7. The molecule has 0 bridgehead atoms. The lowest BCUT2D eigenvalue weighted by Gasteiger charge is -2.11. The molecule has 5 rings (SSSR count). The van der Waals surface area contributed by atoms with Gasteiger partial charge in [-0.1, -0.05) is 46.3 Å². The molecule has 47 heavy (non-hydrogen) atoms. The second kappa shape index (κ2) is 15.0. The zero-order valence-corrected chi connectivity index (χ0v) is 26.4. The van der Waals surface area contributed by atoms with Gasteiger partial charge in [0.2, 0.25) is 5.91 Å². The van der Waals surface area contributed by atoms with E-state index in [2.05, 4.69) is 26.6 Å². The normalized spacial score (nSPS) is 11.2. The van der Waals surface area contributed by atoms with Crippen molar-refractivity contribution in [2.24, 2.45) is 0 Å². The zero-order chi connectivity index (χ0) is 33.5. The summed E-state index contributed by atoms with van der Waals surface area (Å²) < 4.78 is 61.4. The highest BCUT2D eigenvalue weighted by Crippen LogP contribution is 2.27. The van der Waals surface area contributed by atoms with E-state index in [4.69, 9.17) is 4.42 Å². The summed E-state index contributed by atoms with van der Waals surface area (Å²) in [5, 5.41) is 7.18. The standard InChI is InChI=1S/C34H22BrF4N3O4S/c35-21-8-6-19(7-9-21)28-15-12-23(46-28)16-27(41-33(44)20-4-2-1-3-5-20)34(45)40-22-10-13-24(14-11-22)47-18-29(43)42-32-30(38)25(36)17-26(37)31(32)39/h1-17H,18H2,(H,40,45)(H,41,44)(H,42,43)/b27-16-. The summed E-state index contributed by atoms with van der Waals surface area (Å²) in [5.41, 5.74) is 0.176. The van der Waals surface area contributed by atoms with Crippen LogP contribution in [-0.4, -0.2) is 23.5 Å². The largest absolute Gasteiger partial charge is 0.457 e. The van der Waals surface area contributed by atoms with Crippen LogP contribution in [0.2, 0.25) is 0 Å². The van der Waals surface area contributed by atoms with Gasteiger partial charge in [-0.05, 0) is 60.7 Å². The molecule has 0 aliphatic rings. The van der Waals surface area contributed by atoms with Crippen LogP contribution in [0.3, 0.4) is 0 Å². The summed E-state index contributed by atoms with van der Waals surface area (Å²) >= 11 is 4.36. The van der Waals surface area contributed by atoms with Crippen molar-refractivity contribution in [3.8, 4) is 11.3 Å². The molecule has 238 valence electrons. The van der Waals surface area contributed by atoms with Crippen LogP contribution in [0.15, 0.2) is 117 Å². The van der Waals surface area contributed by atoms with Crippen LogP contribution >= 0.6 is 27.7 Å². The molecule has 0 spiro atoms. The highest BCUT2D eigenvalue weighted by Gasteiger charge is 2.21. The molecule has 0 radical (unpaired) electrons. The maximum absolute atomic E-state index is 13.9. The van der Waals surface area contributed by atoms with Gasteiger partial charge in [0, 0.05) is 38.3 Å². The smallest absolute Gasteiger partial charge is 0.272 e. The minimum Gasteiger partial charge on any atom is -0.457 e. The number of furan rings is 1. The molecule has 0 fully saturated rings. The number of carbonyl (C=O) groups is 3. The summed E-state index contributed by atoms with van der Waals surface area (Å²) in [6, 6.07) is 25.4. The first-order chi connectivity index (χ1) is 22.6. The van der Waals surface area contributed by atoms with E-state index in [-0.39, 0.29) is 17.5 Å². The van der Waals surface area contributed by atoms with Crippen molar-refractivity contribution in [3.63, 3.8) is 0 Å². The summed E-state index contributed by atoms with van der Waals surface area (Å²) in [4.78, 5) is 39.1. The van der Waals surface area contributed by atoms with Crippen molar-refractivity contribution in [3.05, 3.63) is 142 Å². The van der Waals surface area contributed by atoms with Crippen LogP contribution in [0.25, 0.3) is 17.4 Å². The summed E-state index contributed by atoms with van der Waals surface area (Å²) in [6.07, 6.45) is 1.40. The number of nitrogens with one attached hydrogen (secondary N) is 3. The molecule has 13 heteroatoms. The Morgan fingerprint density at radius 1 is 0.787 bits per heavy atom. The zero-order valence-electron chi connectivity index (χ0n) is 24.0. The average Bonchev–Trinajstić information content (AvgIpc) is 3.54. The molecule has 7 nitrogen and oxygen atoms in total. The number of benzene rings is 4. The lowest BCUT2D eigenvalue weighted by molar-refractivity contribution is -0.114. The molecule has 4 aromatic carbocycles. The van der Waals surface area contributed by atoms with E-state index < -0.39 is 46.7 Å². The number of amides is 3. The molecular formula is C34H22BrF4N3O4S. The van der Waals surface area contributed by atoms with E-state index in [1.165, 1.54) is 18.2 Å². The van der Waals surface area contributed by atoms with Gasteiger partial charge in [-0.3, -0.25) is 14.4 Å². The van der Waals surface area contributed by atoms with E-state index in [9.17, 15) is 31.9 Å². The number of hydrogen-bond acceptors (Lipinski definition) is 5. The number of hydrogen-bond donors (Lipinski definition) is 3. The molecule has 0 saturated heterocycles. The summed E-state index contributed by atoms with van der Waals surface area (Å²) in [5.74, 6) is -8.26. The summed E-state index contributed by atoms with van der Waals surface area (Å²) in [6.45, 7) is 0. The van der Waals surface area contributed by atoms with E-state index in [0.29, 0.717) is 27.7 Å². The highest BCUT2D eigenvalue weighted by atomic mass is 79.9. The Balaban J connectivity index is 1.27. The van der Waals surface area contributed by atoms with Gasteiger partial charge in [0.05, 0.1) is 5.75 Å². The van der Waals surface area contributed by atoms with Crippen LogP contribution in [0.4, 0.5) is 28.9 Å². The molecule has 0 aliphatic heterocycles. The monoisotopic (exact) mass is 723 g/mol. The third-order valence-corrected chi connectivity index (χ3v) is 7.97. The topological polar surface area (TPSA) is 100 Å². The molecular weight excluding hydrogens is 702 g/mol. The predicted octanol–water partition coefficient (Wildman–Crippen LogP) is 8.41. The Morgan fingerprint density at radius 3 is 2.11 bits per heavy atom. The summed E-state index contributed by atoms with van der Waals surface area (Å²) in [7, 11) is 0. The molecule has 0 unspecified atom stereocenters. The van der Waals surface area contributed by atoms with Crippen LogP contribution in [-0.2, 0) is 9.59 Å². The Kier molecular flexibility index (Phi) is 10.6. The van der Waals surface area contributed by atoms with Gasteiger partial charge < -0.3 is 20.4 Å². The van der Waals surface area contributed by atoms with Crippen LogP contribution in [0.1, 0.15) is 16.1 Å². The molecule has 1 heterocycles. The molecule has 3 amide bonds. The van der Waals surface area contributed by atoms with Gasteiger partial charge in [0.15, 0.2) is 23.3 Å².